The van der Waals surface area contributed by atoms with Gasteiger partial charge in [-0.05, 0) is 24.8 Å². The zero-order chi connectivity index (χ0) is 14.9. The highest BCUT2D eigenvalue weighted by molar-refractivity contribution is 7.14. The van der Waals surface area contributed by atoms with Crippen molar-refractivity contribution in [3.8, 4) is 11.3 Å². The highest BCUT2D eigenvalue weighted by Crippen LogP contribution is 2.32. The molecule has 2 aromatic heterocycles. The summed E-state index contributed by atoms with van der Waals surface area (Å²) in [6.45, 7) is 2.35. The van der Waals surface area contributed by atoms with E-state index in [2.05, 4.69) is 53.1 Å². The fraction of sp³-hybridized carbons (Fsp3) is 0.389. The van der Waals surface area contributed by atoms with Gasteiger partial charge in [-0.1, -0.05) is 38.0 Å². The minimum Gasteiger partial charge on any atom is -0.360 e. The molecule has 3 aromatic rings. The molecule has 0 spiro atoms. The lowest BCUT2D eigenvalue weighted by atomic mass is 9.87. The second-order valence-electron chi connectivity index (χ2n) is 6.40. The monoisotopic (exact) mass is 311 g/mol. The fourth-order valence-electron chi connectivity index (χ4n) is 3.49. The molecule has 4 rings (SSSR count). The van der Waals surface area contributed by atoms with Crippen LogP contribution in [0.2, 0.25) is 0 Å². The van der Waals surface area contributed by atoms with Gasteiger partial charge in [0.15, 0.2) is 5.13 Å². The van der Waals surface area contributed by atoms with E-state index >= 15 is 0 Å². The summed E-state index contributed by atoms with van der Waals surface area (Å²) in [6.07, 6.45) is 7.30. The topological polar surface area (TPSA) is 40.7 Å². The van der Waals surface area contributed by atoms with Crippen LogP contribution in [0.15, 0.2) is 35.8 Å². The predicted molar refractivity (Wildman–Crippen MR) is 94.4 cm³/mol. The number of aromatic amines is 1. The van der Waals surface area contributed by atoms with Crippen molar-refractivity contribution in [1.29, 1.82) is 0 Å². The van der Waals surface area contributed by atoms with E-state index < -0.39 is 0 Å². The van der Waals surface area contributed by atoms with Crippen LogP contribution in [0, 0.1) is 5.92 Å². The van der Waals surface area contributed by atoms with E-state index in [1.807, 2.05) is 0 Å². The number of para-hydroxylation sites is 1. The number of hydrogen-bond donors (Lipinski definition) is 2. The summed E-state index contributed by atoms with van der Waals surface area (Å²) in [5.41, 5.74) is 3.42. The molecule has 2 atom stereocenters. The first-order valence-corrected chi connectivity index (χ1v) is 8.96. The molecular formula is C18H21N3S. The molecule has 1 aliphatic rings. The van der Waals surface area contributed by atoms with Crippen LogP contribution in [0.3, 0.4) is 0 Å². The SMILES string of the molecule is C[C@@H]1CCC[C@@H](Nc2nc(-c3c[nH]c4ccccc34)cs2)C1. The molecule has 0 aliphatic heterocycles. The minimum atomic E-state index is 0.589. The standard InChI is InChI=1S/C18H21N3S/c1-12-5-4-6-13(9-12)20-18-21-17(11-22-18)15-10-19-16-8-3-2-7-14(15)16/h2-3,7-8,10-13,19H,4-6,9H2,1H3,(H,20,21)/t12-,13-/m1/s1. The van der Waals surface area contributed by atoms with Gasteiger partial charge in [-0.15, -0.1) is 11.3 Å². The lowest BCUT2D eigenvalue weighted by Gasteiger charge is -2.27. The zero-order valence-electron chi connectivity index (χ0n) is 12.8. The Kier molecular flexibility index (Phi) is 3.62. The van der Waals surface area contributed by atoms with E-state index in [9.17, 15) is 0 Å². The molecule has 1 aliphatic carbocycles. The summed E-state index contributed by atoms with van der Waals surface area (Å²) >= 11 is 1.72. The van der Waals surface area contributed by atoms with Crippen LogP contribution in [0.5, 0.6) is 0 Å². The van der Waals surface area contributed by atoms with E-state index in [4.69, 9.17) is 4.98 Å². The Morgan fingerprint density at radius 2 is 2.18 bits per heavy atom. The average molecular weight is 311 g/mol. The molecule has 3 nitrogen and oxygen atoms in total. The van der Waals surface area contributed by atoms with Gasteiger partial charge in [0.1, 0.15) is 0 Å². The lowest BCUT2D eigenvalue weighted by molar-refractivity contribution is 0.358. The van der Waals surface area contributed by atoms with Crippen LogP contribution in [-0.2, 0) is 0 Å². The first kappa shape index (κ1) is 13.8. The molecule has 22 heavy (non-hydrogen) atoms. The van der Waals surface area contributed by atoms with Crippen molar-refractivity contribution in [2.75, 3.05) is 5.32 Å². The van der Waals surface area contributed by atoms with Crippen molar-refractivity contribution in [1.82, 2.24) is 9.97 Å². The van der Waals surface area contributed by atoms with E-state index in [0.717, 1.165) is 16.7 Å². The van der Waals surface area contributed by atoms with Crippen LogP contribution in [0.4, 0.5) is 5.13 Å². The first-order chi connectivity index (χ1) is 10.8. The number of hydrogen-bond acceptors (Lipinski definition) is 3. The Hall–Kier alpha value is -1.81. The smallest absolute Gasteiger partial charge is 0.183 e. The first-order valence-electron chi connectivity index (χ1n) is 8.08. The molecule has 1 fully saturated rings. The quantitative estimate of drug-likeness (QED) is 0.690. The van der Waals surface area contributed by atoms with Gasteiger partial charge in [0.2, 0.25) is 0 Å². The molecule has 1 aromatic carbocycles. The molecule has 0 amide bonds. The van der Waals surface area contributed by atoms with Crippen LogP contribution < -0.4 is 5.32 Å². The largest absolute Gasteiger partial charge is 0.360 e. The molecule has 0 bridgehead atoms. The highest BCUT2D eigenvalue weighted by Gasteiger charge is 2.19. The number of benzene rings is 1. The third-order valence-corrected chi connectivity index (χ3v) is 5.41. The number of aromatic nitrogens is 2. The number of rotatable bonds is 3. The predicted octanol–water partition coefficient (Wildman–Crippen LogP) is 5.28. The van der Waals surface area contributed by atoms with Crippen LogP contribution in [0.1, 0.15) is 32.6 Å². The second-order valence-corrected chi connectivity index (χ2v) is 7.26. The summed E-state index contributed by atoms with van der Waals surface area (Å²) in [7, 11) is 0. The van der Waals surface area contributed by atoms with Gasteiger partial charge in [-0.3, -0.25) is 0 Å². The molecule has 4 heteroatoms. The summed E-state index contributed by atoms with van der Waals surface area (Å²) in [4.78, 5) is 8.14. The molecule has 2 heterocycles. The second kappa shape index (κ2) is 5.76. The number of H-pyrrole nitrogens is 1. The third kappa shape index (κ3) is 2.63. The van der Waals surface area contributed by atoms with E-state index in [0.29, 0.717) is 6.04 Å². The fourth-order valence-corrected chi connectivity index (χ4v) is 4.28. The Bertz CT molecular complexity index is 773. The van der Waals surface area contributed by atoms with Gasteiger partial charge in [0, 0.05) is 34.1 Å². The number of nitrogens with one attached hydrogen (secondary N) is 2. The van der Waals surface area contributed by atoms with Gasteiger partial charge in [0.05, 0.1) is 5.69 Å². The molecule has 0 radical (unpaired) electrons. The molecule has 0 unspecified atom stereocenters. The Morgan fingerprint density at radius 3 is 3.09 bits per heavy atom. The van der Waals surface area contributed by atoms with Gasteiger partial charge in [-0.2, -0.15) is 0 Å². The van der Waals surface area contributed by atoms with Gasteiger partial charge in [0.25, 0.3) is 0 Å². The number of thiazole rings is 1. The maximum atomic E-state index is 4.81. The van der Waals surface area contributed by atoms with Crippen molar-refractivity contribution in [3.05, 3.63) is 35.8 Å². The third-order valence-electron chi connectivity index (χ3n) is 4.63. The summed E-state index contributed by atoms with van der Waals surface area (Å²) < 4.78 is 0. The number of nitrogens with zero attached hydrogens (tertiary/aromatic N) is 1. The summed E-state index contributed by atoms with van der Waals surface area (Å²) in [5, 5.41) is 8.09. The van der Waals surface area contributed by atoms with Crippen molar-refractivity contribution in [2.24, 2.45) is 5.92 Å². The maximum Gasteiger partial charge on any atom is 0.183 e. The summed E-state index contributed by atoms with van der Waals surface area (Å²) in [5.74, 6) is 0.833. The Balaban J connectivity index is 1.56. The molecule has 1 saturated carbocycles. The average Bonchev–Trinajstić information content (AvgIpc) is 3.13. The van der Waals surface area contributed by atoms with Crippen LogP contribution in [-0.4, -0.2) is 16.0 Å². The molecule has 0 saturated heterocycles. The van der Waals surface area contributed by atoms with Crippen molar-refractivity contribution in [2.45, 2.75) is 38.6 Å². The van der Waals surface area contributed by atoms with Crippen molar-refractivity contribution < 1.29 is 0 Å². The van der Waals surface area contributed by atoms with Crippen LogP contribution in [0.25, 0.3) is 22.2 Å². The Labute approximate surface area is 134 Å². The minimum absolute atomic E-state index is 0.589. The lowest BCUT2D eigenvalue weighted by Crippen LogP contribution is -2.26. The van der Waals surface area contributed by atoms with Crippen LogP contribution >= 0.6 is 11.3 Å². The van der Waals surface area contributed by atoms with Crippen molar-refractivity contribution in [3.63, 3.8) is 0 Å². The van der Waals surface area contributed by atoms with Gasteiger partial charge >= 0.3 is 0 Å². The highest BCUT2D eigenvalue weighted by atomic mass is 32.1. The molecule has 114 valence electrons. The maximum absolute atomic E-state index is 4.81. The number of anilines is 1. The zero-order valence-corrected chi connectivity index (χ0v) is 13.6. The van der Waals surface area contributed by atoms with Crippen molar-refractivity contribution >= 4 is 27.4 Å². The molecule has 2 N–H and O–H groups in total. The normalized spacial score (nSPS) is 22.0. The van der Waals surface area contributed by atoms with Gasteiger partial charge < -0.3 is 10.3 Å². The van der Waals surface area contributed by atoms with Gasteiger partial charge in [-0.25, -0.2) is 4.98 Å². The van der Waals surface area contributed by atoms with E-state index in [-0.39, 0.29) is 0 Å². The molecular weight excluding hydrogens is 290 g/mol. The summed E-state index contributed by atoms with van der Waals surface area (Å²) in [6, 6.07) is 8.98. The Morgan fingerprint density at radius 1 is 1.27 bits per heavy atom. The number of fused-ring (bicyclic) bond motifs is 1. The van der Waals surface area contributed by atoms with E-state index in [1.165, 1.54) is 42.1 Å². The van der Waals surface area contributed by atoms with E-state index in [1.54, 1.807) is 11.3 Å².